The fourth-order valence-electron chi connectivity index (χ4n) is 6.29. The third-order valence-electron chi connectivity index (χ3n) is 8.72. The standard InChI is InChI=1S/C34H6B2F20/c37-15-11(16(38)24(46)31(53)23(15)45)35(12-17(39)25(47)32(54)26(48)18(12)40)8-5-1-3-7-4-2-6-9(10(7)8)36(13-19(41)27(49)33(55)28(50)20(13)42)14-21(43)29(51)34(56)30(52)22(14)44/h1-6H. The zero-order valence-corrected chi connectivity index (χ0v) is 26.2. The second kappa shape index (κ2) is 14.1. The van der Waals surface area contributed by atoms with E-state index >= 15 is 35.1 Å². The number of rotatable bonds is 6. The van der Waals surface area contributed by atoms with Crippen LogP contribution in [0.25, 0.3) is 10.8 Å². The van der Waals surface area contributed by atoms with Crippen LogP contribution in [0.2, 0.25) is 0 Å². The van der Waals surface area contributed by atoms with Gasteiger partial charge in [0, 0.05) is 21.9 Å². The lowest BCUT2D eigenvalue weighted by molar-refractivity contribution is 0.382. The number of fused-ring (bicyclic) bond motifs is 1. The molecule has 0 N–H and O–H groups in total. The molecule has 0 atom stereocenters. The third kappa shape index (κ3) is 5.65. The van der Waals surface area contributed by atoms with Gasteiger partial charge in [0.2, 0.25) is 0 Å². The van der Waals surface area contributed by atoms with Crippen LogP contribution in [0.15, 0.2) is 36.4 Å². The van der Waals surface area contributed by atoms with E-state index in [0.29, 0.717) is 24.3 Å². The molecular weight excluding hydrogens is 810 g/mol. The minimum atomic E-state index is -3.53. The van der Waals surface area contributed by atoms with Crippen LogP contribution >= 0.6 is 0 Å². The number of hydrogen-bond acceptors (Lipinski definition) is 0. The Morgan fingerprint density at radius 2 is 0.411 bits per heavy atom. The van der Waals surface area contributed by atoms with Crippen LogP contribution in [0.3, 0.4) is 0 Å². The van der Waals surface area contributed by atoms with E-state index in [2.05, 4.69) is 0 Å². The van der Waals surface area contributed by atoms with E-state index in [-0.39, 0.29) is 0 Å². The highest BCUT2D eigenvalue weighted by molar-refractivity contribution is 7.00. The van der Waals surface area contributed by atoms with Gasteiger partial charge in [0.25, 0.3) is 13.4 Å². The summed E-state index contributed by atoms with van der Waals surface area (Å²) in [7, 11) is 0. The summed E-state index contributed by atoms with van der Waals surface area (Å²) in [5.41, 5.74) is -12.6. The molecule has 0 saturated heterocycles. The smallest absolute Gasteiger partial charge is 0.204 e. The van der Waals surface area contributed by atoms with Crippen LogP contribution in [0.1, 0.15) is 0 Å². The molecule has 0 aliphatic rings. The van der Waals surface area contributed by atoms with E-state index in [1.54, 1.807) is 0 Å². The molecule has 0 spiro atoms. The predicted molar refractivity (Wildman–Crippen MR) is 158 cm³/mol. The Kier molecular flexibility index (Phi) is 10.1. The van der Waals surface area contributed by atoms with Crippen LogP contribution in [-0.4, -0.2) is 13.4 Å². The normalized spacial score (nSPS) is 11.6. The molecule has 0 heterocycles. The predicted octanol–water partition coefficient (Wildman–Crippen LogP) is 6.65. The molecule has 0 aliphatic carbocycles. The Hall–Kier alpha value is -5.69. The minimum Gasteiger partial charge on any atom is -0.204 e. The number of hydrogen-bond donors (Lipinski definition) is 0. The van der Waals surface area contributed by atoms with Gasteiger partial charge in [0.15, 0.2) is 116 Å². The van der Waals surface area contributed by atoms with E-state index in [1.165, 1.54) is 0 Å². The van der Waals surface area contributed by atoms with Crippen LogP contribution in [0.5, 0.6) is 0 Å². The van der Waals surface area contributed by atoms with Crippen LogP contribution < -0.4 is 32.8 Å². The van der Waals surface area contributed by atoms with Crippen LogP contribution in [-0.2, 0) is 0 Å². The van der Waals surface area contributed by atoms with Gasteiger partial charge < -0.3 is 0 Å². The first-order valence-corrected chi connectivity index (χ1v) is 14.7. The second-order valence-electron chi connectivity index (χ2n) is 11.6. The molecule has 6 rings (SSSR count). The zero-order valence-electron chi connectivity index (χ0n) is 26.2. The molecule has 0 fully saturated rings. The van der Waals surface area contributed by atoms with E-state index < -0.39 is 173 Å². The van der Waals surface area contributed by atoms with Gasteiger partial charge in [0.1, 0.15) is 0 Å². The van der Waals surface area contributed by atoms with E-state index in [0.717, 1.165) is 12.1 Å². The largest absolute Gasteiger partial charge is 0.257 e. The summed E-state index contributed by atoms with van der Waals surface area (Å²) in [5, 5.41) is -2.00. The lowest BCUT2D eigenvalue weighted by Gasteiger charge is -2.25. The van der Waals surface area contributed by atoms with Gasteiger partial charge in [-0.05, 0) is 10.8 Å². The molecule has 0 unspecified atom stereocenters. The molecule has 0 aliphatic heterocycles. The van der Waals surface area contributed by atoms with Crippen molar-refractivity contribution < 1.29 is 87.8 Å². The van der Waals surface area contributed by atoms with E-state index in [9.17, 15) is 52.7 Å². The van der Waals surface area contributed by atoms with Gasteiger partial charge >= 0.3 is 0 Å². The van der Waals surface area contributed by atoms with Gasteiger partial charge in [-0.25, -0.2) is 87.8 Å². The molecule has 6 aromatic carbocycles. The highest BCUT2D eigenvalue weighted by Crippen LogP contribution is 2.25. The lowest BCUT2D eigenvalue weighted by Crippen LogP contribution is -2.62. The van der Waals surface area contributed by atoms with Crippen molar-refractivity contribution in [2.24, 2.45) is 0 Å². The molecule has 56 heavy (non-hydrogen) atoms. The summed E-state index contributed by atoms with van der Waals surface area (Å²) in [6.45, 7) is -7.05. The molecule has 0 saturated carbocycles. The summed E-state index contributed by atoms with van der Waals surface area (Å²) in [5.74, 6) is -59.0. The molecule has 0 amide bonds. The van der Waals surface area contributed by atoms with Crippen molar-refractivity contribution in [1.29, 1.82) is 0 Å². The van der Waals surface area contributed by atoms with Gasteiger partial charge in [-0.1, -0.05) is 47.3 Å². The lowest BCUT2D eigenvalue weighted by atomic mass is 9.32. The average molecular weight is 816 g/mol. The fraction of sp³-hybridized carbons (Fsp3) is 0. The topological polar surface area (TPSA) is 0 Å². The van der Waals surface area contributed by atoms with Crippen LogP contribution in [0, 0.1) is 116 Å². The molecular formula is C34H6B2F20. The van der Waals surface area contributed by atoms with Gasteiger partial charge in [-0.15, -0.1) is 0 Å². The molecule has 0 nitrogen and oxygen atoms in total. The Balaban J connectivity index is 1.91. The molecule has 0 aromatic heterocycles. The first-order chi connectivity index (χ1) is 26.2. The minimum absolute atomic E-state index is 0.348. The summed E-state index contributed by atoms with van der Waals surface area (Å²) < 4.78 is 298. The Bertz CT molecular complexity index is 2250. The van der Waals surface area contributed by atoms with Gasteiger partial charge in [-0.2, -0.15) is 0 Å². The maximum Gasteiger partial charge on any atom is 0.257 e. The van der Waals surface area contributed by atoms with Crippen molar-refractivity contribution in [3.05, 3.63) is 153 Å². The zero-order chi connectivity index (χ0) is 41.6. The van der Waals surface area contributed by atoms with Crippen molar-refractivity contribution in [1.82, 2.24) is 0 Å². The highest BCUT2D eigenvalue weighted by atomic mass is 19.2. The fourth-order valence-corrected chi connectivity index (χ4v) is 6.29. The average Bonchev–Trinajstić information content (AvgIpc) is 3.19. The monoisotopic (exact) mass is 816 g/mol. The quantitative estimate of drug-likeness (QED) is 0.0765. The molecule has 22 heteroatoms. The van der Waals surface area contributed by atoms with Crippen molar-refractivity contribution >= 4 is 57.0 Å². The summed E-state index contributed by atoms with van der Waals surface area (Å²) in [4.78, 5) is 0. The number of benzene rings is 6. The van der Waals surface area contributed by atoms with Crippen molar-refractivity contribution in [3.8, 4) is 0 Å². The van der Waals surface area contributed by atoms with E-state index in [4.69, 9.17) is 0 Å². The summed E-state index contributed by atoms with van der Waals surface area (Å²) in [6, 6.07) is 3.62. The first kappa shape index (κ1) is 40.0. The Morgan fingerprint density at radius 1 is 0.232 bits per heavy atom. The van der Waals surface area contributed by atoms with Gasteiger partial charge in [0.05, 0.1) is 0 Å². The first-order valence-electron chi connectivity index (χ1n) is 14.7. The van der Waals surface area contributed by atoms with Crippen LogP contribution in [0.4, 0.5) is 87.8 Å². The Labute approximate surface area is 297 Å². The van der Waals surface area contributed by atoms with E-state index in [1.807, 2.05) is 0 Å². The molecule has 0 radical (unpaired) electrons. The maximum absolute atomic E-state index is 15.6. The molecule has 288 valence electrons. The van der Waals surface area contributed by atoms with Crippen molar-refractivity contribution in [3.63, 3.8) is 0 Å². The van der Waals surface area contributed by atoms with Crippen molar-refractivity contribution in [2.45, 2.75) is 0 Å². The number of halogens is 20. The second-order valence-corrected chi connectivity index (χ2v) is 11.6. The SMILES string of the molecule is Fc1c(F)c(F)c(B(c2c(F)c(F)c(F)c(F)c2F)c2cccc3cccc(B(c4c(F)c(F)c(F)c(F)c4F)c4c(F)c(F)c(F)c(F)c4F)c23)c(F)c1F. The summed E-state index contributed by atoms with van der Waals surface area (Å²) >= 11 is 0. The third-order valence-corrected chi connectivity index (χ3v) is 8.72. The van der Waals surface area contributed by atoms with Crippen molar-refractivity contribution in [2.75, 3.05) is 0 Å². The molecule has 6 aromatic rings. The van der Waals surface area contributed by atoms with Gasteiger partial charge in [-0.3, -0.25) is 0 Å². The highest BCUT2D eigenvalue weighted by Gasteiger charge is 2.45. The maximum atomic E-state index is 15.6. The Morgan fingerprint density at radius 3 is 0.607 bits per heavy atom. The molecule has 0 bridgehead atoms. The summed E-state index contributed by atoms with van der Waals surface area (Å²) in [6.07, 6.45) is 0.